The zero-order valence-corrected chi connectivity index (χ0v) is 12.0. The monoisotopic (exact) mass is 310 g/mol. The van der Waals surface area contributed by atoms with Gasteiger partial charge < -0.3 is 20.9 Å². The van der Waals surface area contributed by atoms with Crippen LogP contribution in [0.4, 0.5) is 0 Å². The Morgan fingerprint density at radius 3 is 2.30 bits per heavy atom. The molecule has 0 fully saturated rings. The number of nitrogens with one attached hydrogen (secondary N) is 1. The third kappa shape index (κ3) is 7.69. The van der Waals surface area contributed by atoms with Gasteiger partial charge in [-0.2, -0.15) is 0 Å². The molecule has 10 heteroatoms. The van der Waals surface area contributed by atoms with Crippen molar-refractivity contribution < 1.29 is 32.6 Å². The number of hydrogen-bond donors (Lipinski definition) is 3. The zero-order valence-electron chi connectivity index (χ0n) is 11.2. The second-order valence-corrected chi connectivity index (χ2v) is 6.46. The molecule has 0 aliphatic heterocycles. The topological polar surface area (TPSA) is 153 Å². The molecule has 9 nitrogen and oxygen atoms in total. The van der Waals surface area contributed by atoms with Crippen molar-refractivity contribution in [2.45, 2.75) is 24.9 Å². The molecule has 0 rings (SSSR count). The van der Waals surface area contributed by atoms with Crippen LogP contribution in [0.15, 0.2) is 0 Å². The van der Waals surface area contributed by atoms with Gasteiger partial charge in [0.1, 0.15) is 15.9 Å². The summed E-state index contributed by atoms with van der Waals surface area (Å²) >= 11 is 0. The number of rotatable bonds is 8. The molecule has 0 aliphatic rings. The van der Waals surface area contributed by atoms with Gasteiger partial charge in [0.25, 0.3) is 0 Å². The molecule has 1 unspecified atom stereocenters. The summed E-state index contributed by atoms with van der Waals surface area (Å²) in [7, 11) is -2.19. The van der Waals surface area contributed by atoms with Crippen LogP contribution < -0.4 is 11.1 Å². The van der Waals surface area contributed by atoms with E-state index in [0.717, 1.165) is 13.4 Å². The van der Waals surface area contributed by atoms with E-state index in [1.807, 2.05) is 0 Å². The van der Waals surface area contributed by atoms with Gasteiger partial charge in [-0.1, -0.05) is 0 Å². The first kappa shape index (κ1) is 18.3. The number of sulfone groups is 1. The van der Waals surface area contributed by atoms with Crippen molar-refractivity contribution in [2.75, 3.05) is 19.1 Å². The van der Waals surface area contributed by atoms with Crippen molar-refractivity contribution in [3.63, 3.8) is 0 Å². The molecular weight excluding hydrogens is 292 g/mol. The number of methoxy groups -OCH3 is 1. The number of carboxylic acid groups (broad SMARTS) is 1. The molecule has 20 heavy (non-hydrogen) atoms. The normalized spacial score (nSPS) is 14.2. The average Bonchev–Trinajstić information content (AvgIpc) is 2.33. The molecule has 0 saturated heterocycles. The van der Waals surface area contributed by atoms with Gasteiger partial charge in [0.2, 0.25) is 5.91 Å². The van der Waals surface area contributed by atoms with Crippen molar-refractivity contribution in [3.05, 3.63) is 0 Å². The van der Waals surface area contributed by atoms with Crippen LogP contribution >= 0.6 is 0 Å². The van der Waals surface area contributed by atoms with Crippen LogP contribution in [0.5, 0.6) is 0 Å². The summed E-state index contributed by atoms with van der Waals surface area (Å²) in [6.45, 7) is 0. The van der Waals surface area contributed by atoms with E-state index in [2.05, 4.69) is 10.1 Å². The van der Waals surface area contributed by atoms with E-state index in [0.29, 0.717) is 0 Å². The van der Waals surface area contributed by atoms with Crippen LogP contribution in [0.1, 0.15) is 12.8 Å². The minimum absolute atomic E-state index is 0.144. The fraction of sp³-hybridized carbons (Fsp3) is 0.700. The second kappa shape index (κ2) is 7.80. The Kier molecular flexibility index (Phi) is 7.14. The summed E-state index contributed by atoms with van der Waals surface area (Å²) in [6, 6.07) is -2.65. The second-order valence-electron chi connectivity index (χ2n) is 4.20. The van der Waals surface area contributed by atoms with Crippen LogP contribution in [0.25, 0.3) is 0 Å². The van der Waals surface area contributed by atoms with Gasteiger partial charge in [-0.3, -0.25) is 9.59 Å². The van der Waals surface area contributed by atoms with Crippen LogP contribution in [-0.2, 0) is 29.0 Å². The van der Waals surface area contributed by atoms with Crippen molar-refractivity contribution in [1.82, 2.24) is 5.32 Å². The van der Waals surface area contributed by atoms with E-state index in [1.54, 1.807) is 0 Å². The quantitative estimate of drug-likeness (QED) is 0.430. The highest BCUT2D eigenvalue weighted by Gasteiger charge is 2.26. The van der Waals surface area contributed by atoms with E-state index in [1.165, 1.54) is 0 Å². The molecule has 4 N–H and O–H groups in total. The van der Waals surface area contributed by atoms with Gasteiger partial charge in [-0.05, 0) is 6.42 Å². The first-order valence-electron chi connectivity index (χ1n) is 5.60. The number of ether oxygens (including phenoxy) is 1. The Morgan fingerprint density at radius 1 is 1.35 bits per heavy atom. The highest BCUT2D eigenvalue weighted by molar-refractivity contribution is 7.90. The van der Waals surface area contributed by atoms with Gasteiger partial charge in [-0.15, -0.1) is 0 Å². The van der Waals surface area contributed by atoms with Gasteiger partial charge in [0, 0.05) is 6.26 Å². The van der Waals surface area contributed by atoms with Crippen molar-refractivity contribution >= 4 is 27.7 Å². The lowest BCUT2D eigenvalue weighted by atomic mass is 10.1. The van der Waals surface area contributed by atoms with Crippen molar-refractivity contribution in [2.24, 2.45) is 5.73 Å². The summed E-state index contributed by atoms with van der Waals surface area (Å²) in [5, 5.41) is 10.9. The number of nitrogens with two attached hydrogens (primary N) is 1. The molecule has 0 aromatic heterocycles. The molecule has 0 heterocycles. The number of carbonyl (C=O) groups excluding carboxylic acids is 2. The number of aliphatic carboxylic acids is 1. The molecule has 0 aliphatic carbocycles. The molecule has 0 spiro atoms. The van der Waals surface area contributed by atoms with Crippen molar-refractivity contribution in [1.29, 1.82) is 0 Å². The van der Waals surface area contributed by atoms with Crippen LogP contribution in [0.3, 0.4) is 0 Å². The standard InChI is InChI=1S/C10H18N2O7S/c1-19-8(13)5-7(10(15)16)12-9(14)6(11)3-4-20(2,17)18/h6-7H,3-5,11H2,1-2H3,(H,12,14)(H,15,16)/t6?,7-/m0/s1. The predicted molar refractivity (Wildman–Crippen MR) is 68.5 cm³/mol. The summed E-state index contributed by atoms with van der Waals surface area (Å²) in [6.07, 6.45) is 0.306. The molecule has 2 atom stereocenters. The molecule has 1 amide bonds. The highest BCUT2D eigenvalue weighted by atomic mass is 32.2. The fourth-order valence-corrected chi connectivity index (χ4v) is 1.88. The summed E-state index contributed by atoms with van der Waals surface area (Å²) < 4.78 is 26.2. The zero-order chi connectivity index (χ0) is 15.9. The van der Waals surface area contributed by atoms with E-state index < -0.39 is 46.2 Å². The smallest absolute Gasteiger partial charge is 0.326 e. The van der Waals surface area contributed by atoms with E-state index in [4.69, 9.17) is 10.8 Å². The van der Waals surface area contributed by atoms with Crippen LogP contribution in [0, 0.1) is 0 Å². The molecular formula is C10H18N2O7S. The molecule has 0 aromatic carbocycles. The fourth-order valence-electron chi connectivity index (χ4n) is 1.20. The lowest BCUT2D eigenvalue weighted by molar-refractivity contribution is -0.148. The van der Waals surface area contributed by atoms with Crippen molar-refractivity contribution in [3.8, 4) is 0 Å². The molecule has 116 valence electrons. The summed E-state index contributed by atoms with van der Waals surface area (Å²) in [5.41, 5.74) is 5.45. The maximum atomic E-state index is 11.6. The SMILES string of the molecule is COC(=O)C[C@H](NC(=O)C(N)CCS(C)(=O)=O)C(=O)O. The Labute approximate surface area is 116 Å². The number of esters is 1. The van der Waals surface area contributed by atoms with Crippen LogP contribution in [-0.4, -0.2) is 62.6 Å². The number of amides is 1. The van der Waals surface area contributed by atoms with Gasteiger partial charge >= 0.3 is 11.9 Å². The minimum Gasteiger partial charge on any atom is -0.480 e. The van der Waals surface area contributed by atoms with E-state index >= 15 is 0 Å². The summed E-state index contributed by atoms with van der Waals surface area (Å²) in [5.74, 6) is -3.36. The Balaban J connectivity index is 4.52. The largest absolute Gasteiger partial charge is 0.480 e. The van der Waals surface area contributed by atoms with E-state index in [9.17, 15) is 22.8 Å². The van der Waals surface area contributed by atoms with Gasteiger partial charge in [-0.25, -0.2) is 13.2 Å². The van der Waals surface area contributed by atoms with Crippen LogP contribution in [0.2, 0.25) is 0 Å². The lowest BCUT2D eigenvalue weighted by Gasteiger charge is -2.16. The van der Waals surface area contributed by atoms with E-state index in [-0.39, 0.29) is 12.2 Å². The molecule has 0 bridgehead atoms. The molecule has 0 radical (unpaired) electrons. The van der Waals surface area contributed by atoms with Gasteiger partial charge in [0.05, 0.1) is 25.3 Å². The third-order valence-electron chi connectivity index (χ3n) is 2.35. The number of carbonyl (C=O) groups is 3. The predicted octanol–water partition coefficient (Wildman–Crippen LogP) is -2.12. The maximum absolute atomic E-state index is 11.6. The maximum Gasteiger partial charge on any atom is 0.326 e. The number of carboxylic acids is 1. The molecule has 0 saturated carbocycles. The Hall–Kier alpha value is -1.68. The third-order valence-corrected chi connectivity index (χ3v) is 3.33. The lowest BCUT2D eigenvalue weighted by Crippen LogP contribution is -2.49. The molecule has 0 aromatic rings. The number of hydrogen-bond acceptors (Lipinski definition) is 7. The highest BCUT2D eigenvalue weighted by Crippen LogP contribution is 1.99. The first-order chi connectivity index (χ1) is 9.06. The Morgan fingerprint density at radius 2 is 1.90 bits per heavy atom. The van der Waals surface area contributed by atoms with Gasteiger partial charge in [0.15, 0.2) is 0 Å². The minimum atomic E-state index is -3.27. The average molecular weight is 310 g/mol. The summed E-state index contributed by atoms with van der Waals surface area (Å²) in [4.78, 5) is 33.5. The Bertz CT molecular complexity index is 474. The first-order valence-corrected chi connectivity index (χ1v) is 7.66.